The van der Waals surface area contributed by atoms with E-state index >= 15 is 0 Å². The zero-order valence-corrected chi connectivity index (χ0v) is 14.1. The van der Waals surface area contributed by atoms with Gasteiger partial charge in [0.1, 0.15) is 5.82 Å². The van der Waals surface area contributed by atoms with E-state index in [1.54, 1.807) is 0 Å². The molecule has 2 aromatic rings. The first-order valence-electron chi connectivity index (χ1n) is 7.34. The lowest BCUT2D eigenvalue weighted by Crippen LogP contribution is -2.15. The van der Waals surface area contributed by atoms with E-state index in [4.69, 9.17) is 5.73 Å². The summed E-state index contributed by atoms with van der Waals surface area (Å²) in [4.78, 5) is 25.3. The van der Waals surface area contributed by atoms with Crippen molar-refractivity contribution in [3.63, 3.8) is 0 Å². The first-order valence-corrected chi connectivity index (χ1v) is 8.15. The summed E-state index contributed by atoms with van der Waals surface area (Å²) < 4.78 is 13.9. The Hall–Kier alpha value is -2.21. The molecule has 2 rings (SSSR count). The summed E-state index contributed by atoms with van der Waals surface area (Å²) in [6.07, 6.45) is 1.92. The second-order valence-electron chi connectivity index (χ2n) is 5.39. The number of halogens is 1. The number of hydrogen-bond donors (Lipinski definition) is 2. The van der Waals surface area contributed by atoms with Gasteiger partial charge in [-0.3, -0.25) is 9.59 Å². The Morgan fingerprint density at radius 3 is 2.57 bits per heavy atom. The van der Waals surface area contributed by atoms with E-state index in [1.165, 1.54) is 24.3 Å². The average Bonchev–Trinajstić information content (AvgIpc) is 2.85. The lowest BCUT2D eigenvalue weighted by Gasteiger charge is -2.10. The van der Waals surface area contributed by atoms with Crippen LogP contribution in [-0.2, 0) is 6.42 Å². The highest BCUT2D eigenvalue weighted by atomic mass is 32.1. The Bertz CT molecular complexity index is 768. The van der Waals surface area contributed by atoms with Crippen LogP contribution in [0, 0.1) is 19.7 Å². The first-order chi connectivity index (χ1) is 10.8. The highest BCUT2D eigenvalue weighted by Crippen LogP contribution is 2.26. The molecule has 0 saturated heterocycles. The first kappa shape index (κ1) is 17.1. The quantitative estimate of drug-likeness (QED) is 0.873. The zero-order valence-electron chi connectivity index (χ0n) is 13.3. The normalized spacial score (nSPS) is 10.6. The van der Waals surface area contributed by atoms with Crippen LogP contribution < -0.4 is 11.1 Å². The van der Waals surface area contributed by atoms with Gasteiger partial charge in [0, 0.05) is 21.7 Å². The van der Waals surface area contributed by atoms with Gasteiger partial charge in [-0.25, -0.2) is 4.39 Å². The second kappa shape index (κ2) is 6.91. The molecular formula is C17H19FN2O2S. The molecule has 0 atom stereocenters. The van der Waals surface area contributed by atoms with Crippen molar-refractivity contribution in [1.29, 1.82) is 0 Å². The van der Waals surface area contributed by atoms with Crippen molar-refractivity contribution in [2.45, 2.75) is 33.6 Å². The van der Waals surface area contributed by atoms with Crippen LogP contribution in [0.5, 0.6) is 0 Å². The molecule has 6 heteroatoms. The van der Waals surface area contributed by atoms with Crippen LogP contribution >= 0.6 is 11.3 Å². The van der Waals surface area contributed by atoms with Gasteiger partial charge >= 0.3 is 0 Å². The molecule has 0 radical (unpaired) electrons. The second-order valence-corrected chi connectivity index (χ2v) is 6.65. The molecule has 23 heavy (non-hydrogen) atoms. The highest BCUT2D eigenvalue weighted by Gasteiger charge is 2.16. The summed E-state index contributed by atoms with van der Waals surface area (Å²) in [7, 11) is 0. The van der Waals surface area contributed by atoms with Crippen molar-refractivity contribution in [2.24, 2.45) is 5.73 Å². The van der Waals surface area contributed by atoms with Crippen LogP contribution in [0.25, 0.3) is 0 Å². The predicted molar refractivity (Wildman–Crippen MR) is 90.7 cm³/mol. The van der Waals surface area contributed by atoms with Crippen LogP contribution in [0.4, 0.5) is 10.1 Å². The maximum absolute atomic E-state index is 13.9. The van der Waals surface area contributed by atoms with E-state index in [-0.39, 0.29) is 22.7 Å². The van der Waals surface area contributed by atoms with E-state index in [0.29, 0.717) is 4.88 Å². The van der Waals surface area contributed by atoms with Gasteiger partial charge in [0.05, 0.1) is 4.88 Å². The largest absolute Gasteiger partial charge is 0.366 e. The van der Waals surface area contributed by atoms with Crippen molar-refractivity contribution in [3.05, 3.63) is 50.5 Å². The number of benzene rings is 1. The Labute approximate surface area is 138 Å². The predicted octanol–water partition coefficient (Wildman–Crippen LogP) is 3.81. The molecule has 0 fully saturated rings. The molecule has 122 valence electrons. The third-order valence-electron chi connectivity index (χ3n) is 3.64. The van der Waals surface area contributed by atoms with Gasteiger partial charge in [-0.2, -0.15) is 0 Å². The number of anilines is 1. The molecule has 1 aromatic heterocycles. The number of hydrogen-bond acceptors (Lipinski definition) is 3. The number of amides is 2. The lowest BCUT2D eigenvalue weighted by atomic mass is 10.1. The van der Waals surface area contributed by atoms with Crippen LogP contribution in [0.15, 0.2) is 18.2 Å². The van der Waals surface area contributed by atoms with Gasteiger partial charge in [-0.05, 0) is 44.0 Å². The third kappa shape index (κ3) is 3.76. The van der Waals surface area contributed by atoms with Crippen molar-refractivity contribution in [3.8, 4) is 0 Å². The Kier molecular flexibility index (Phi) is 5.15. The van der Waals surface area contributed by atoms with Crippen molar-refractivity contribution < 1.29 is 14.0 Å². The molecule has 0 aliphatic heterocycles. The van der Waals surface area contributed by atoms with Gasteiger partial charge in [-0.1, -0.05) is 13.3 Å². The Morgan fingerprint density at radius 2 is 1.96 bits per heavy atom. The van der Waals surface area contributed by atoms with E-state index in [2.05, 4.69) is 12.2 Å². The van der Waals surface area contributed by atoms with Crippen LogP contribution in [0.3, 0.4) is 0 Å². The fourth-order valence-electron chi connectivity index (χ4n) is 2.28. The van der Waals surface area contributed by atoms with Crippen molar-refractivity contribution in [1.82, 2.24) is 0 Å². The molecule has 0 saturated carbocycles. The zero-order chi connectivity index (χ0) is 17.1. The molecule has 0 unspecified atom stereocenters. The van der Waals surface area contributed by atoms with Crippen LogP contribution in [0.2, 0.25) is 0 Å². The van der Waals surface area contributed by atoms with E-state index < -0.39 is 11.7 Å². The van der Waals surface area contributed by atoms with Crippen LogP contribution in [0.1, 0.15) is 49.4 Å². The number of primary amides is 1. The summed E-state index contributed by atoms with van der Waals surface area (Å²) >= 11 is 1.40. The number of aryl methyl sites for hydroxylation is 2. The van der Waals surface area contributed by atoms with Crippen molar-refractivity contribution >= 4 is 28.8 Å². The maximum Gasteiger partial charge on any atom is 0.265 e. The lowest BCUT2D eigenvalue weighted by molar-refractivity contribution is 0.0996. The van der Waals surface area contributed by atoms with Gasteiger partial charge in [0.25, 0.3) is 5.91 Å². The van der Waals surface area contributed by atoms with Gasteiger partial charge in [0.2, 0.25) is 5.91 Å². The Balaban J connectivity index is 2.30. The van der Waals surface area contributed by atoms with Crippen molar-refractivity contribution in [2.75, 3.05) is 5.32 Å². The molecule has 4 nitrogen and oxygen atoms in total. The van der Waals surface area contributed by atoms with Gasteiger partial charge < -0.3 is 11.1 Å². The highest BCUT2D eigenvalue weighted by molar-refractivity contribution is 7.14. The smallest absolute Gasteiger partial charge is 0.265 e. The maximum atomic E-state index is 13.9. The Morgan fingerprint density at radius 1 is 1.26 bits per heavy atom. The summed E-state index contributed by atoms with van der Waals surface area (Å²) in [5.74, 6) is -1.63. The molecule has 0 aliphatic rings. The molecule has 3 N–H and O–H groups in total. The molecule has 1 aromatic carbocycles. The average molecular weight is 334 g/mol. The minimum Gasteiger partial charge on any atom is -0.366 e. The number of carbonyl (C=O) groups is 2. The van der Waals surface area contributed by atoms with Crippen LogP contribution in [-0.4, -0.2) is 11.8 Å². The third-order valence-corrected chi connectivity index (χ3v) is 4.73. The summed E-state index contributed by atoms with van der Waals surface area (Å²) in [6, 6.07) is 4.33. The molecule has 0 aliphatic carbocycles. The fraction of sp³-hybridized carbons (Fsp3) is 0.294. The molecular weight excluding hydrogens is 315 g/mol. The standard InChI is InChI=1S/C17H19FN2O2S/c1-4-5-11-8-15(23-10(11)3)17(22)20-14-7-12(16(19)21)6-13(18)9(14)2/h6-8H,4-5H2,1-3H3,(H2,19,21)(H,20,22). The number of thiophene rings is 1. The molecule has 1 heterocycles. The molecule has 0 bridgehead atoms. The number of rotatable bonds is 5. The molecule has 2 amide bonds. The number of carbonyl (C=O) groups excluding carboxylic acids is 2. The molecule has 0 spiro atoms. The van der Waals surface area contributed by atoms with E-state index in [1.807, 2.05) is 13.0 Å². The fourth-order valence-corrected chi connectivity index (χ4v) is 3.25. The van der Waals surface area contributed by atoms with E-state index in [9.17, 15) is 14.0 Å². The topological polar surface area (TPSA) is 72.2 Å². The number of nitrogens with two attached hydrogens (primary N) is 1. The van der Waals surface area contributed by atoms with Gasteiger partial charge in [-0.15, -0.1) is 11.3 Å². The van der Waals surface area contributed by atoms with Gasteiger partial charge in [0.15, 0.2) is 0 Å². The minimum atomic E-state index is -0.739. The monoisotopic (exact) mass is 334 g/mol. The van der Waals surface area contributed by atoms with E-state index in [0.717, 1.165) is 29.3 Å². The summed E-state index contributed by atoms with van der Waals surface area (Å²) in [5.41, 5.74) is 6.88. The summed E-state index contributed by atoms with van der Waals surface area (Å²) in [6.45, 7) is 5.60. The SMILES string of the molecule is CCCc1cc(C(=O)Nc2cc(C(N)=O)cc(F)c2C)sc1C. The summed E-state index contributed by atoms with van der Waals surface area (Å²) in [5, 5.41) is 2.67. The number of nitrogens with one attached hydrogen (secondary N) is 1. The minimum absolute atomic E-state index is 0.0254.